The molecule has 2 aliphatic rings. The predicted octanol–water partition coefficient (Wildman–Crippen LogP) is 4.56. The van der Waals surface area contributed by atoms with Crippen molar-refractivity contribution in [1.29, 1.82) is 0 Å². The number of carbonyl (C=O) groups excluding carboxylic acids is 2. The molecule has 0 bridgehead atoms. The van der Waals surface area contributed by atoms with Crippen LogP contribution in [0.1, 0.15) is 55.1 Å². The number of benzene rings is 2. The van der Waals surface area contributed by atoms with Crippen molar-refractivity contribution in [2.75, 3.05) is 20.8 Å². The van der Waals surface area contributed by atoms with Gasteiger partial charge in [-0.1, -0.05) is 43.5 Å². The van der Waals surface area contributed by atoms with Crippen LogP contribution in [0.25, 0.3) is 10.9 Å². The maximum atomic E-state index is 13.9. The first-order valence-electron chi connectivity index (χ1n) is 12.9. The predicted molar refractivity (Wildman–Crippen MR) is 140 cm³/mol. The molecular weight excluding hydrogens is 454 g/mol. The number of aromatic nitrogens is 1. The molecule has 3 aromatic rings. The second kappa shape index (κ2) is 9.88. The molecule has 7 nitrogen and oxygen atoms in total. The van der Waals surface area contributed by atoms with Crippen molar-refractivity contribution < 1.29 is 19.1 Å². The van der Waals surface area contributed by atoms with Crippen molar-refractivity contribution in [3.63, 3.8) is 0 Å². The summed E-state index contributed by atoms with van der Waals surface area (Å²) in [5.41, 5.74) is 1.63. The summed E-state index contributed by atoms with van der Waals surface area (Å²) >= 11 is 0. The molecule has 1 unspecified atom stereocenters. The minimum Gasteiger partial charge on any atom is -0.493 e. The first-order valence-corrected chi connectivity index (χ1v) is 12.9. The van der Waals surface area contributed by atoms with E-state index >= 15 is 0 Å². The van der Waals surface area contributed by atoms with Crippen LogP contribution < -0.4 is 14.8 Å². The third kappa shape index (κ3) is 4.31. The van der Waals surface area contributed by atoms with E-state index in [2.05, 4.69) is 5.32 Å². The van der Waals surface area contributed by atoms with Crippen LogP contribution in [-0.4, -0.2) is 53.6 Å². The van der Waals surface area contributed by atoms with E-state index in [-0.39, 0.29) is 17.9 Å². The quantitative estimate of drug-likeness (QED) is 0.528. The van der Waals surface area contributed by atoms with E-state index in [9.17, 15) is 9.59 Å². The van der Waals surface area contributed by atoms with E-state index < -0.39 is 5.54 Å². The number of nitrogens with zero attached hydrogens (tertiary/aromatic N) is 2. The standard InChI is InChI=1S/C29H35N3O4/c1-29(28(34)30-22-10-5-4-6-11-22)19-31-23-12-8-7-9-21(23)18-24(31)27(33)32(29)16-15-20-13-14-25(35-2)26(17-20)36-3/h7-9,12-14,17-18,22H,4-6,10-11,15-16,19H2,1-3H3,(H,30,34). The molecule has 36 heavy (non-hydrogen) atoms. The van der Waals surface area contributed by atoms with Gasteiger partial charge in [0, 0.05) is 23.5 Å². The Bertz CT molecular complexity index is 1280. The minimum atomic E-state index is -1.00. The minimum absolute atomic E-state index is 0.0708. The Labute approximate surface area is 212 Å². The lowest BCUT2D eigenvalue weighted by atomic mass is 9.91. The van der Waals surface area contributed by atoms with Crippen LogP contribution in [0.15, 0.2) is 48.5 Å². The fraction of sp³-hybridized carbons (Fsp3) is 0.448. The third-order valence-corrected chi connectivity index (χ3v) is 7.84. The zero-order valence-electron chi connectivity index (χ0n) is 21.4. The highest BCUT2D eigenvalue weighted by atomic mass is 16.5. The fourth-order valence-corrected chi connectivity index (χ4v) is 5.72. The van der Waals surface area contributed by atoms with E-state index in [4.69, 9.17) is 9.47 Å². The van der Waals surface area contributed by atoms with E-state index in [1.165, 1.54) is 6.42 Å². The summed E-state index contributed by atoms with van der Waals surface area (Å²) in [6.45, 7) is 2.76. The number of hydrogen-bond acceptors (Lipinski definition) is 4. The Morgan fingerprint density at radius 2 is 1.78 bits per heavy atom. The molecule has 0 spiro atoms. The molecular formula is C29H35N3O4. The summed E-state index contributed by atoms with van der Waals surface area (Å²) in [7, 11) is 3.22. The van der Waals surface area contributed by atoms with Gasteiger partial charge in [-0.3, -0.25) is 9.59 Å². The van der Waals surface area contributed by atoms with Crippen molar-refractivity contribution in [2.24, 2.45) is 0 Å². The highest BCUT2D eigenvalue weighted by molar-refractivity contribution is 6.03. The molecule has 2 amide bonds. The number of nitrogens with one attached hydrogen (secondary N) is 1. The molecule has 1 fully saturated rings. The number of hydrogen-bond donors (Lipinski definition) is 1. The largest absolute Gasteiger partial charge is 0.493 e. The van der Waals surface area contributed by atoms with Crippen LogP contribution in [-0.2, 0) is 17.8 Å². The van der Waals surface area contributed by atoms with Crippen LogP contribution in [0.4, 0.5) is 0 Å². The Hall–Kier alpha value is -3.48. The highest BCUT2D eigenvalue weighted by Crippen LogP contribution is 2.34. The SMILES string of the molecule is COc1ccc(CCN2C(=O)c3cc4ccccc4n3CC2(C)C(=O)NC2CCCCC2)cc1OC. The van der Waals surface area contributed by atoms with Gasteiger partial charge in [-0.05, 0) is 56.0 Å². The fourth-order valence-electron chi connectivity index (χ4n) is 5.72. The molecule has 1 aromatic heterocycles. The molecule has 190 valence electrons. The van der Waals surface area contributed by atoms with Crippen LogP contribution in [0.2, 0.25) is 0 Å². The number of ether oxygens (including phenoxy) is 2. The Kier molecular flexibility index (Phi) is 6.65. The van der Waals surface area contributed by atoms with Crippen LogP contribution in [0, 0.1) is 0 Å². The number of carbonyl (C=O) groups is 2. The average molecular weight is 490 g/mol. The summed E-state index contributed by atoms with van der Waals surface area (Å²) < 4.78 is 12.8. The Balaban J connectivity index is 1.47. The summed E-state index contributed by atoms with van der Waals surface area (Å²) in [6.07, 6.45) is 6.08. The Morgan fingerprint density at radius 1 is 1.03 bits per heavy atom. The lowest BCUT2D eigenvalue weighted by molar-refractivity contribution is -0.133. The second-order valence-electron chi connectivity index (χ2n) is 10.2. The van der Waals surface area contributed by atoms with Gasteiger partial charge in [-0.15, -0.1) is 0 Å². The molecule has 2 heterocycles. The first-order chi connectivity index (χ1) is 17.4. The number of fused-ring (bicyclic) bond motifs is 3. The highest BCUT2D eigenvalue weighted by Gasteiger charge is 2.47. The van der Waals surface area contributed by atoms with Gasteiger partial charge in [0.25, 0.3) is 5.91 Å². The van der Waals surface area contributed by atoms with Crippen LogP contribution >= 0.6 is 0 Å². The lowest BCUT2D eigenvalue weighted by Gasteiger charge is -2.45. The number of para-hydroxylation sites is 1. The molecule has 1 aliphatic heterocycles. The van der Waals surface area contributed by atoms with Gasteiger partial charge in [-0.25, -0.2) is 0 Å². The monoisotopic (exact) mass is 489 g/mol. The maximum Gasteiger partial charge on any atom is 0.271 e. The molecule has 0 radical (unpaired) electrons. The van der Waals surface area contributed by atoms with E-state index in [1.807, 2.05) is 60.0 Å². The van der Waals surface area contributed by atoms with Gasteiger partial charge in [0.05, 0.1) is 20.8 Å². The number of methoxy groups -OCH3 is 2. The van der Waals surface area contributed by atoms with Gasteiger partial charge >= 0.3 is 0 Å². The summed E-state index contributed by atoms with van der Waals surface area (Å²) in [5.74, 6) is 1.13. The van der Waals surface area contributed by atoms with Gasteiger partial charge in [-0.2, -0.15) is 0 Å². The average Bonchev–Trinajstić information content (AvgIpc) is 3.27. The van der Waals surface area contributed by atoms with Gasteiger partial charge in [0.2, 0.25) is 5.91 Å². The van der Waals surface area contributed by atoms with E-state index in [0.29, 0.717) is 36.7 Å². The van der Waals surface area contributed by atoms with Gasteiger partial charge < -0.3 is 24.3 Å². The van der Waals surface area contributed by atoms with Crippen molar-refractivity contribution in [3.05, 3.63) is 59.8 Å². The normalized spacial score (nSPS) is 20.3. The van der Waals surface area contributed by atoms with Crippen molar-refractivity contribution >= 4 is 22.7 Å². The first kappa shape index (κ1) is 24.2. The molecule has 1 aliphatic carbocycles. The number of rotatable bonds is 7. The summed E-state index contributed by atoms with van der Waals surface area (Å²) in [6, 6.07) is 15.9. The zero-order chi connectivity index (χ0) is 25.3. The molecule has 1 N–H and O–H groups in total. The third-order valence-electron chi connectivity index (χ3n) is 7.84. The second-order valence-corrected chi connectivity index (χ2v) is 10.2. The zero-order valence-corrected chi connectivity index (χ0v) is 21.4. The van der Waals surface area contributed by atoms with Crippen molar-refractivity contribution in [1.82, 2.24) is 14.8 Å². The van der Waals surface area contributed by atoms with E-state index in [0.717, 1.165) is 42.1 Å². The number of amides is 2. The maximum absolute atomic E-state index is 13.9. The summed E-state index contributed by atoms with van der Waals surface area (Å²) in [5, 5.41) is 4.31. The molecule has 0 saturated heterocycles. The molecule has 7 heteroatoms. The van der Waals surface area contributed by atoms with Gasteiger partial charge in [0.1, 0.15) is 11.2 Å². The van der Waals surface area contributed by atoms with E-state index in [1.54, 1.807) is 19.1 Å². The molecule has 1 saturated carbocycles. The lowest BCUT2D eigenvalue weighted by Crippen LogP contribution is -2.65. The van der Waals surface area contributed by atoms with Crippen LogP contribution in [0.5, 0.6) is 11.5 Å². The van der Waals surface area contributed by atoms with Crippen molar-refractivity contribution in [3.8, 4) is 11.5 Å². The Morgan fingerprint density at radius 3 is 2.53 bits per heavy atom. The summed E-state index contributed by atoms with van der Waals surface area (Å²) in [4.78, 5) is 29.5. The molecule has 1 atom stereocenters. The van der Waals surface area contributed by atoms with Crippen molar-refractivity contribution in [2.45, 2.75) is 63.6 Å². The topological polar surface area (TPSA) is 72.8 Å². The van der Waals surface area contributed by atoms with Crippen LogP contribution in [0.3, 0.4) is 0 Å². The molecule has 5 rings (SSSR count). The molecule has 2 aromatic carbocycles. The smallest absolute Gasteiger partial charge is 0.271 e. The van der Waals surface area contributed by atoms with Gasteiger partial charge in [0.15, 0.2) is 11.5 Å².